The summed E-state index contributed by atoms with van der Waals surface area (Å²) < 4.78 is 25.8. The summed E-state index contributed by atoms with van der Waals surface area (Å²) in [5.74, 6) is 0.618. The minimum atomic E-state index is -3.33. The molecule has 0 N–H and O–H groups in total. The van der Waals surface area contributed by atoms with Gasteiger partial charge in [0.25, 0.3) is 0 Å². The van der Waals surface area contributed by atoms with Gasteiger partial charge in [-0.3, -0.25) is 0 Å². The van der Waals surface area contributed by atoms with Gasteiger partial charge in [-0.25, -0.2) is 13.4 Å². The molecular weight excluding hydrogens is 294 g/mol. The first-order valence-corrected chi connectivity index (χ1v) is 9.00. The maximum absolute atomic E-state index is 12.3. The van der Waals surface area contributed by atoms with Crippen LogP contribution in [0.5, 0.6) is 0 Å². The Balaban J connectivity index is 1.77. The van der Waals surface area contributed by atoms with E-state index in [9.17, 15) is 13.2 Å². The quantitative estimate of drug-likeness (QED) is 0.852. The first kappa shape index (κ1) is 13.7. The van der Waals surface area contributed by atoms with Gasteiger partial charge in [0.15, 0.2) is 0 Å². The Morgan fingerprint density at radius 3 is 2.80 bits per heavy atom. The highest BCUT2D eigenvalue weighted by molar-refractivity contribution is 7.93. The largest absolute Gasteiger partial charge is 0.300 e. The van der Waals surface area contributed by atoms with Crippen LogP contribution in [0.25, 0.3) is 10.2 Å². The number of carbonyl (C=O) groups is 1. The van der Waals surface area contributed by atoms with Crippen molar-refractivity contribution in [3.05, 3.63) is 24.3 Å². The Morgan fingerprint density at radius 1 is 1.35 bits per heavy atom. The maximum atomic E-state index is 12.3. The molecule has 6 heteroatoms. The molecule has 2 aromatic rings. The number of Topliss-reactive ketones (excluding diaryl/α,β-unsaturated/α-hetero) is 1. The van der Waals surface area contributed by atoms with E-state index in [-0.39, 0.29) is 27.7 Å². The van der Waals surface area contributed by atoms with Crippen molar-refractivity contribution in [1.82, 2.24) is 4.98 Å². The van der Waals surface area contributed by atoms with Crippen LogP contribution < -0.4 is 0 Å². The van der Waals surface area contributed by atoms with Crippen LogP contribution in [-0.2, 0) is 14.6 Å². The summed E-state index contributed by atoms with van der Waals surface area (Å²) in [4.78, 5) is 15.2. The molecular formula is C14H15NO3S2. The predicted molar refractivity (Wildman–Crippen MR) is 78.6 cm³/mol. The van der Waals surface area contributed by atoms with Crippen molar-refractivity contribution < 1.29 is 13.2 Å². The summed E-state index contributed by atoms with van der Waals surface area (Å²) in [6.07, 6.45) is 1.34. The van der Waals surface area contributed by atoms with Gasteiger partial charge in [-0.15, -0.1) is 11.3 Å². The van der Waals surface area contributed by atoms with Gasteiger partial charge in [-0.2, -0.15) is 0 Å². The molecule has 0 aliphatic heterocycles. The molecule has 1 aromatic carbocycles. The Labute approximate surface area is 121 Å². The number of ketones is 1. The fourth-order valence-corrected chi connectivity index (χ4v) is 5.50. The van der Waals surface area contributed by atoms with Crippen LogP contribution in [0.1, 0.15) is 19.8 Å². The number of para-hydroxylation sites is 1. The summed E-state index contributed by atoms with van der Waals surface area (Å²) in [7, 11) is -3.33. The molecule has 0 saturated heterocycles. The highest BCUT2D eigenvalue weighted by Crippen LogP contribution is 2.43. The van der Waals surface area contributed by atoms with E-state index in [0.717, 1.165) is 16.6 Å². The Bertz CT molecular complexity index is 731. The van der Waals surface area contributed by atoms with E-state index in [1.54, 1.807) is 6.92 Å². The fourth-order valence-electron chi connectivity index (χ4n) is 2.47. The number of aromatic nitrogens is 1. The first-order chi connectivity index (χ1) is 9.45. The van der Waals surface area contributed by atoms with Crippen molar-refractivity contribution in [2.75, 3.05) is 5.75 Å². The van der Waals surface area contributed by atoms with Crippen molar-refractivity contribution >= 4 is 37.2 Å². The number of rotatable bonds is 5. The molecule has 2 atom stereocenters. The third-order valence-electron chi connectivity index (χ3n) is 3.59. The summed E-state index contributed by atoms with van der Waals surface area (Å²) in [6, 6.07) is 7.42. The van der Waals surface area contributed by atoms with E-state index in [2.05, 4.69) is 4.98 Å². The monoisotopic (exact) mass is 309 g/mol. The average molecular weight is 309 g/mol. The standard InChI is InChI=1S/C14H15NO3S2/c1-9(16)6-10-7-11(10)8-20(17,18)14-15-12-4-2-3-5-13(12)19-14/h2-5,10-11H,6-8H2,1H3. The van der Waals surface area contributed by atoms with Gasteiger partial charge in [0.1, 0.15) is 5.78 Å². The van der Waals surface area contributed by atoms with Gasteiger partial charge >= 0.3 is 0 Å². The second kappa shape index (κ2) is 4.93. The molecule has 0 amide bonds. The van der Waals surface area contributed by atoms with Crippen molar-refractivity contribution in [3.63, 3.8) is 0 Å². The third kappa shape index (κ3) is 2.76. The normalized spacial score (nSPS) is 22.1. The molecule has 4 nitrogen and oxygen atoms in total. The highest BCUT2D eigenvalue weighted by Gasteiger charge is 2.41. The fraction of sp³-hybridized carbons (Fsp3) is 0.429. The number of sulfone groups is 1. The lowest BCUT2D eigenvalue weighted by Gasteiger charge is -1.99. The van der Waals surface area contributed by atoms with Crippen molar-refractivity contribution in [1.29, 1.82) is 0 Å². The topological polar surface area (TPSA) is 64.1 Å². The number of thiazole rings is 1. The lowest BCUT2D eigenvalue weighted by Crippen LogP contribution is -2.09. The van der Waals surface area contributed by atoms with Gasteiger partial charge in [0.2, 0.25) is 14.2 Å². The van der Waals surface area contributed by atoms with E-state index in [1.165, 1.54) is 11.3 Å². The number of hydrogen-bond acceptors (Lipinski definition) is 5. The van der Waals surface area contributed by atoms with E-state index in [1.807, 2.05) is 24.3 Å². The van der Waals surface area contributed by atoms with Crippen molar-refractivity contribution in [2.45, 2.75) is 24.1 Å². The highest BCUT2D eigenvalue weighted by atomic mass is 32.2. The number of nitrogens with zero attached hydrogens (tertiary/aromatic N) is 1. The molecule has 0 radical (unpaired) electrons. The lowest BCUT2D eigenvalue weighted by molar-refractivity contribution is -0.117. The van der Waals surface area contributed by atoms with Gasteiger partial charge in [-0.1, -0.05) is 12.1 Å². The summed E-state index contributed by atoms with van der Waals surface area (Å²) in [5.41, 5.74) is 0.729. The zero-order valence-electron chi connectivity index (χ0n) is 11.1. The van der Waals surface area contributed by atoms with Crippen LogP contribution >= 0.6 is 11.3 Å². The third-order valence-corrected chi connectivity index (χ3v) is 6.93. The Kier molecular flexibility index (Phi) is 3.38. The second-order valence-electron chi connectivity index (χ2n) is 5.39. The van der Waals surface area contributed by atoms with Crippen LogP contribution in [0.2, 0.25) is 0 Å². The molecule has 20 heavy (non-hydrogen) atoms. The number of carbonyl (C=O) groups excluding carboxylic acids is 1. The van der Waals surface area contributed by atoms with Crippen molar-refractivity contribution in [3.8, 4) is 0 Å². The Morgan fingerprint density at radius 2 is 2.10 bits per heavy atom. The maximum Gasteiger partial charge on any atom is 0.210 e. The summed E-state index contributed by atoms with van der Waals surface area (Å²) in [5, 5.41) is 0. The Hall–Kier alpha value is -1.27. The molecule has 2 unspecified atom stereocenters. The molecule has 1 aliphatic carbocycles. The molecule has 1 fully saturated rings. The molecule has 0 bridgehead atoms. The second-order valence-corrected chi connectivity index (χ2v) is 8.63. The van der Waals surface area contributed by atoms with Crippen LogP contribution in [0.15, 0.2) is 28.6 Å². The molecule has 1 saturated carbocycles. The van der Waals surface area contributed by atoms with Gasteiger partial charge < -0.3 is 4.79 Å². The van der Waals surface area contributed by atoms with Gasteiger partial charge in [-0.05, 0) is 37.3 Å². The van der Waals surface area contributed by atoms with Crippen LogP contribution in [-0.4, -0.2) is 24.9 Å². The number of hydrogen-bond donors (Lipinski definition) is 0. The minimum Gasteiger partial charge on any atom is -0.300 e. The lowest BCUT2D eigenvalue weighted by atomic mass is 10.2. The zero-order valence-corrected chi connectivity index (χ0v) is 12.7. The van der Waals surface area contributed by atoms with E-state index in [0.29, 0.717) is 6.42 Å². The predicted octanol–water partition coefficient (Wildman–Crippen LogP) is 2.69. The van der Waals surface area contributed by atoms with Gasteiger partial charge in [0, 0.05) is 6.42 Å². The van der Waals surface area contributed by atoms with Gasteiger partial charge in [0.05, 0.1) is 16.0 Å². The van der Waals surface area contributed by atoms with Crippen LogP contribution in [0.3, 0.4) is 0 Å². The molecule has 1 heterocycles. The van der Waals surface area contributed by atoms with Crippen LogP contribution in [0.4, 0.5) is 0 Å². The first-order valence-electron chi connectivity index (χ1n) is 6.53. The SMILES string of the molecule is CC(=O)CC1CC1CS(=O)(=O)c1nc2ccccc2s1. The van der Waals surface area contributed by atoms with E-state index >= 15 is 0 Å². The van der Waals surface area contributed by atoms with Crippen molar-refractivity contribution in [2.24, 2.45) is 11.8 Å². The number of fused-ring (bicyclic) bond motifs is 1. The molecule has 0 spiro atoms. The van der Waals surface area contributed by atoms with E-state index in [4.69, 9.17) is 0 Å². The number of benzene rings is 1. The minimum absolute atomic E-state index is 0.116. The summed E-state index contributed by atoms with van der Waals surface area (Å²) >= 11 is 1.22. The molecule has 1 aromatic heterocycles. The molecule has 1 aliphatic rings. The molecule has 106 valence electrons. The zero-order chi connectivity index (χ0) is 14.3. The molecule has 3 rings (SSSR count). The smallest absolute Gasteiger partial charge is 0.210 e. The van der Waals surface area contributed by atoms with E-state index < -0.39 is 9.84 Å². The summed E-state index contributed by atoms with van der Waals surface area (Å²) in [6.45, 7) is 1.55. The van der Waals surface area contributed by atoms with Crippen LogP contribution in [0, 0.1) is 11.8 Å². The average Bonchev–Trinajstić information content (AvgIpc) is 2.92.